The minimum atomic E-state index is -0.243. The van der Waals surface area contributed by atoms with Gasteiger partial charge in [-0.2, -0.15) is 0 Å². The molecule has 122 valence electrons. The number of halogens is 1. The van der Waals surface area contributed by atoms with E-state index < -0.39 is 0 Å². The summed E-state index contributed by atoms with van der Waals surface area (Å²) in [7, 11) is 0. The zero-order valence-corrected chi connectivity index (χ0v) is 13.3. The summed E-state index contributed by atoms with van der Waals surface area (Å²) in [4.78, 5) is 12.3. The molecule has 0 aliphatic carbocycles. The average molecular weight is 345 g/mol. The highest BCUT2D eigenvalue weighted by Crippen LogP contribution is 2.38. The summed E-state index contributed by atoms with van der Waals surface area (Å²) in [6, 6.07) is 10.7. The number of fused-ring (bicyclic) bond motifs is 2. The van der Waals surface area contributed by atoms with Gasteiger partial charge in [-0.3, -0.25) is 4.79 Å². The van der Waals surface area contributed by atoms with Crippen molar-refractivity contribution < 1.29 is 18.8 Å². The second kappa shape index (κ2) is 6.05. The van der Waals surface area contributed by atoms with Crippen molar-refractivity contribution in [3.8, 4) is 11.5 Å². The molecule has 1 aliphatic heterocycles. The molecule has 1 N–H and O–H groups in total. The zero-order valence-electron chi connectivity index (χ0n) is 12.5. The van der Waals surface area contributed by atoms with Crippen molar-refractivity contribution >= 4 is 34.2 Å². The van der Waals surface area contributed by atoms with E-state index in [1.165, 1.54) is 0 Å². The molecule has 6 nitrogen and oxygen atoms in total. The Bertz CT molecular complexity index is 922. The summed E-state index contributed by atoms with van der Waals surface area (Å²) in [5.41, 5.74) is 1.70. The second-order valence-electron chi connectivity index (χ2n) is 5.33. The minimum absolute atomic E-state index is 0.0851. The predicted molar refractivity (Wildman–Crippen MR) is 88.8 cm³/mol. The van der Waals surface area contributed by atoms with E-state index in [-0.39, 0.29) is 12.3 Å². The maximum Gasteiger partial charge on any atom is 0.230 e. The molecule has 0 radical (unpaired) electrons. The van der Waals surface area contributed by atoms with Crippen LogP contribution in [-0.4, -0.2) is 24.3 Å². The van der Waals surface area contributed by atoms with Crippen molar-refractivity contribution in [1.29, 1.82) is 0 Å². The first-order valence-corrected chi connectivity index (χ1v) is 7.81. The van der Waals surface area contributed by atoms with Crippen LogP contribution in [0.4, 0.5) is 5.69 Å². The van der Waals surface area contributed by atoms with Crippen LogP contribution in [0.2, 0.25) is 5.02 Å². The maximum atomic E-state index is 12.3. The van der Waals surface area contributed by atoms with Crippen LogP contribution in [-0.2, 0) is 11.2 Å². The number of benzene rings is 2. The fraction of sp³-hybridized carbons (Fsp3) is 0.176. The van der Waals surface area contributed by atoms with Crippen molar-refractivity contribution in [2.45, 2.75) is 6.42 Å². The Kier molecular flexibility index (Phi) is 3.74. The van der Waals surface area contributed by atoms with E-state index in [1.807, 2.05) is 18.2 Å². The van der Waals surface area contributed by atoms with E-state index in [4.69, 9.17) is 25.6 Å². The van der Waals surface area contributed by atoms with Crippen molar-refractivity contribution in [2.75, 3.05) is 18.5 Å². The number of carbonyl (C=O) groups is 1. The third kappa shape index (κ3) is 2.76. The Balaban J connectivity index is 1.54. The van der Waals surface area contributed by atoms with Gasteiger partial charge in [0.25, 0.3) is 0 Å². The Morgan fingerprint density at radius 1 is 1.17 bits per heavy atom. The van der Waals surface area contributed by atoms with Gasteiger partial charge in [0, 0.05) is 17.5 Å². The number of anilines is 1. The molecule has 24 heavy (non-hydrogen) atoms. The number of para-hydroxylation sites is 1. The molecular weight excluding hydrogens is 332 g/mol. The number of carbonyl (C=O) groups excluding carboxylic acids is 1. The number of hydrogen-bond donors (Lipinski definition) is 1. The minimum Gasteiger partial charge on any atom is -0.486 e. The topological polar surface area (TPSA) is 73.6 Å². The molecule has 2 aromatic carbocycles. The summed E-state index contributed by atoms with van der Waals surface area (Å²) < 4.78 is 16.2. The van der Waals surface area contributed by atoms with E-state index >= 15 is 0 Å². The highest BCUT2D eigenvalue weighted by atomic mass is 35.5. The number of aromatic nitrogens is 1. The lowest BCUT2D eigenvalue weighted by molar-refractivity contribution is -0.115. The number of nitrogens with zero attached hydrogens (tertiary/aromatic N) is 1. The molecule has 0 fully saturated rings. The van der Waals surface area contributed by atoms with E-state index in [9.17, 15) is 4.79 Å². The highest BCUT2D eigenvalue weighted by Gasteiger charge is 2.18. The van der Waals surface area contributed by atoms with Crippen molar-refractivity contribution in [3.05, 3.63) is 47.1 Å². The van der Waals surface area contributed by atoms with Gasteiger partial charge < -0.3 is 19.3 Å². The quantitative estimate of drug-likeness (QED) is 0.788. The summed E-state index contributed by atoms with van der Waals surface area (Å²) >= 11 is 6.20. The Labute approximate surface area is 142 Å². The number of amides is 1. The largest absolute Gasteiger partial charge is 0.486 e. The molecule has 1 aliphatic rings. The maximum absolute atomic E-state index is 12.3. The Morgan fingerprint density at radius 3 is 2.75 bits per heavy atom. The molecule has 1 amide bonds. The number of hydrogen-bond acceptors (Lipinski definition) is 5. The third-order valence-electron chi connectivity index (χ3n) is 3.69. The van der Waals surface area contributed by atoms with Crippen LogP contribution in [0.3, 0.4) is 0 Å². The highest BCUT2D eigenvalue weighted by molar-refractivity contribution is 6.34. The van der Waals surface area contributed by atoms with Gasteiger partial charge in [0.1, 0.15) is 18.9 Å². The normalized spacial score (nSPS) is 13.0. The lowest BCUT2D eigenvalue weighted by atomic mass is 10.1. The van der Waals surface area contributed by atoms with E-state index in [0.29, 0.717) is 46.7 Å². The summed E-state index contributed by atoms with van der Waals surface area (Å²) in [6.45, 7) is 0.946. The van der Waals surface area contributed by atoms with Gasteiger partial charge in [-0.15, -0.1) is 0 Å². The SMILES string of the molecule is O=C(Cc1noc2ccccc12)Nc1cc2c(cc1Cl)OCCO2. The van der Waals surface area contributed by atoms with Crippen LogP contribution in [0.15, 0.2) is 40.9 Å². The summed E-state index contributed by atoms with van der Waals surface area (Å²) in [5, 5.41) is 7.94. The number of nitrogens with one attached hydrogen (secondary N) is 1. The zero-order chi connectivity index (χ0) is 16.5. The van der Waals surface area contributed by atoms with Gasteiger partial charge in [0.15, 0.2) is 17.1 Å². The summed E-state index contributed by atoms with van der Waals surface area (Å²) in [6.07, 6.45) is 0.0851. The molecule has 3 aromatic rings. The van der Waals surface area contributed by atoms with Gasteiger partial charge >= 0.3 is 0 Å². The summed E-state index contributed by atoms with van der Waals surface area (Å²) in [5.74, 6) is 0.896. The molecule has 0 spiro atoms. The smallest absolute Gasteiger partial charge is 0.230 e. The fourth-order valence-corrected chi connectivity index (χ4v) is 2.77. The second-order valence-corrected chi connectivity index (χ2v) is 5.73. The van der Waals surface area contributed by atoms with Crippen LogP contribution in [0.1, 0.15) is 5.69 Å². The Hall–Kier alpha value is -2.73. The average Bonchev–Trinajstić information content (AvgIpc) is 2.99. The van der Waals surface area contributed by atoms with Crippen molar-refractivity contribution in [1.82, 2.24) is 5.16 Å². The molecule has 0 saturated carbocycles. The molecule has 0 unspecified atom stereocenters. The van der Waals surface area contributed by atoms with Gasteiger partial charge in [-0.1, -0.05) is 28.9 Å². The van der Waals surface area contributed by atoms with Gasteiger partial charge in [0.2, 0.25) is 5.91 Å². The molecule has 2 heterocycles. The van der Waals surface area contributed by atoms with Crippen LogP contribution in [0.5, 0.6) is 11.5 Å². The molecule has 0 bridgehead atoms. The van der Waals surface area contributed by atoms with Crippen LogP contribution >= 0.6 is 11.6 Å². The van der Waals surface area contributed by atoms with E-state index in [0.717, 1.165) is 5.39 Å². The first kappa shape index (κ1) is 14.8. The van der Waals surface area contributed by atoms with Crippen molar-refractivity contribution in [3.63, 3.8) is 0 Å². The number of ether oxygens (including phenoxy) is 2. The van der Waals surface area contributed by atoms with Gasteiger partial charge in [-0.05, 0) is 12.1 Å². The van der Waals surface area contributed by atoms with Crippen LogP contribution in [0, 0.1) is 0 Å². The monoisotopic (exact) mass is 344 g/mol. The van der Waals surface area contributed by atoms with Crippen LogP contribution in [0.25, 0.3) is 11.0 Å². The number of rotatable bonds is 3. The lowest BCUT2D eigenvalue weighted by Crippen LogP contribution is -2.17. The van der Waals surface area contributed by atoms with Crippen LogP contribution < -0.4 is 14.8 Å². The predicted octanol–water partition coefficient (Wildman–Crippen LogP) is 3.43. The van der Waals surface area contributed by atoms with E-state index in [2.05, 4.69) is 10.5 Å². The van der Waals surface area contributed by atoms with Crippen molar-refractivity contribution in [2.24, 2.45) is 0 Å². The molecule has 4 rings (SSSR count). The molecular formula is C17H13ClN2O4. The Morgan fingerprint density at radius 2 is 1.92 bits per heavy atom. The first-order valence-electron chi connectivity index (χ1n) is 7.43. The lowest BCUT2D eigenvalue weighted by Gasteiger charge is -2.19. The standard InChI is InChI=1S/C17H13ClN2O4/c18-11-7-15-16(23-6-5-22-15)8-13(11)19-17(21)9-12-10-3-1-2-4-14(10)24-20-12/h1-4,7-8H,5-6,9H2,(H,19,21). The fourth-order valence-electron chi connectivity index (χ4n) is 2.57. The molecule has 7 heteroatoms. The molecule has 0 atom stereocenters. The van der Waals surface area contributed by atoms with Gasteiger partial charge in [-0.25, -0.2) is 0 Å². The van der Waals surface area contributed by atoms with E-state index in [1.54, 1.807) is 18.2 Å². The first-order chi connectivity index (χ1) is 11.7. The molecule has 0 saturated heterocycles. The third-order valence-corrected chi connectivity index (χ3v) is 4.00. The molecule has 1 aromatic heterocycles. The van der Waals surface area contributed by atoms with Gasteiger partial charge in [0.05, 0.1) is 17.1 Å².